The summed E-state index contributed by atoms with van der Waals surface area (Å²) in [6.07, 6.45) is 0.866. The second kappa shape index (κ2) is 6.71. The predicted molar refractivity (Wildman–Crippen MR) is 101 cm³/mol. The number of carbonyl (C=O) groups excluding carboxylic acids is 2. The van der Waals surface area contributed by atoms with E-state index in [9.17, 15) is 9.59 Å². The summed E-state index contributed by atoms with van der Waals surface area (Å²) in [7, 11) is 0. The Morgan fingerprint density at radius 1 is 1.08 bits per heavy atom. The molecule has 0 unspecified atom stereocenters. The quantitative estimate of drug-likeness (QED) is 0.860. The zero-order chi connectivity index (χ0) is 18.1. The maximum Gasteiger partial charge on any atom is 0.247 e. The van der Waals surface area contributed by atoms with Crippen molar-refractivity contribution in [1.82, 2.24) is 0 Å². The molecule has 25 heavy (non-hydrogen) atoms. The van der Waals surface area contributed by atoms with Crippen LogP contribution in [0.4, 0.5) is 11.4 Å². The van der Waals surface area contributed by atoms with Gasteiger partial charge in [-0.15, -0.1) is 0 Å². The summed E-state index contributed by atoms with van der Waals surface area (Å²) in [4.78, 5) is 28.6. The SMILES string of the molecule is CC(=O)N(CC(=O)N1CCc2ccccc21)c1c(C)cc(C)cc1C. The summed E-state index contributed by atoms with van der Waals surface area (Å²) in [6, 6.07) is 12.1. The lowest BCUT2D eigenvalue weighted by atomic mass is 10.0. The molecule has 3 rings (SSSR count). The lowest BCUT2D eigenvalue weighted by molar-refractivity contribution is -0.121. The van der Waals surface area contributed by atoms with Gasteiger partial charge in [0.2, 0.25) is 11.8 Å². The number of carbonyl (C=O) groups is 2. The monoisotopic (exact) mass is 336 g/mol. The molecular formula is C21H24N2O2. The van der Waals surface area contributed by atoms with Gasteiger partial charge in [0.25, 0.3) is 0 Å². The van der Waals surface area contributed by atoms with Crippen molar-refractivity contribution in [2.75, 3.05) is 22.9 Å². The van der Waals surface area contributed by atoms with Gasteiger partial charge in [0.15, 0.2) is 0 Å². The molecule has 0 saturated heterocycles. The molecule has 0 N–H and O–H groups in total. The number of aryl methyl sites for hydroxylation is 3. The molecule has 0 aliphatic carbocycles. The van der Waals surface area contributed by atoms with Crippen LogP contribution in [0, 0.1) is 20.8 Å². The molecule has 0 radical (unpaired) electrons. The molecule has 0 fully saturated rings. The molecule has 0 atom stereocenters. The topological polar surface area (TPSA) is 40.6 Å². The fourth-order valence-electron chi connectivity index (χ4n) is 3.76. The highest BCUT2D eigenvalue weighted by Crippen LogP contribution is 2.30. The Kier molecular flexibility index (Phi) is 4.62. The maximum absolute atomic E-state index is 12.9. The van der Waals surface area contributed by atoms with Crippen LogP contribution in [-0.4, -0.2) is 24.9 Å². The van der Waals surface area contributed by atoms with E-state index in [1.165, 1.54) is 12.5 Å². The minimum atomic E-state index is -0.115. The Labute approximate surface area is 149 Å². The number of rotatable bonds is 3. The second-order valence-corrected chi connectivity index (χ2v) is 6.78. The second-order valence-electron chi connectivity index (χ2n) is 6.78. The fourth-order valence-corrected chi connectivity index (χ4v) is 3.76. The summed E-state index contributed by atoms with van der Waals surface area (Å²) in [5.41, 5.74) is 6.19. The van der Waals surface area contributed by atoms with Gasteiger partial charge in [-0.25, -0.2) is 0 Å². The third kappa shape index (κ3) is 3.29. The van der Waals surface area contributed by atoms with E-state index in [4.69, 9.17) is 0 Å². The van der Waals surface area contributed by atoms with E-state index in [1.807, 2.05) is 51.1 Å². The summed E-state index contributed by atoms with van der Waals surface area (Å²) in [5.74, 6) is -0.157. The van der Waals surface area contributed by atoms with Crippen molar-refractivity contribution in [2.45, 2.75) is 34.1 Å². The van der Waals surface area contributed by atoms with Crippen LogP contribution in [-0.2, 0) is 16.0 Å². The fraction of sp³-hybridized carbons (Fsp3) is 0.333. The molecule has 1 aliphatic heterocycles. The van der Waals surface area contributed by atoms with E-state index < -0.39 is 0 Å². The van der Waals surface area contributed by atoms with E-state index in [1.54, 1.807) is 9.80 Å². The first kappa shape index (κ1) is 17.2. The molecule has 2 aromatic carbocycles. The van der Waals surface area contributed by atoms with Crippen LogP contribution in [0.25, 0.3) is 0 Å². The van der Waals surface area contributed by atoms with Crippen molar-refractivity contribution in [3.63, 3.8) is 0 Å². The van der Waals surface area contributed by atoms with E-state index >= 15 is 0 Å². The molecule has 4 heteroatoms. The molecule has 2 aromatic rings. The van der Waals surface area contributed by atoms with Gasteiger partial charge in [-0.1, -0.05) is 35.9 Å². The Morgan fingerprint density at radius 2 is 1.72 bits per heavy atom. The first-order chi connectivity index (χ1) is 11.9. The van der Waals surface area contributed by atoms with Crippen LogP contribution in [0.15, 0.2) is 36.4 Å². The van der Waals surface area contributed by atoms with Gasteiger partial charge in [-0.05, 0) is 49.9 Å². The minimum absolute atomic E-state index is 0.0421. The molecule has 1 heterocycles. The molecule has 0 spiro atoms. The number of nitrogens with zero attached hydrogens (tertiary/aromatic N) is 2. The van der Waals surface area contributed by atoms with E-state index in [0.29, 0.717) is 6.54 Å². The van der Waals surface area contributed by atoms with Crippen molar-refractivity contribution < 1.29 is 9.59 Å². The van der Waals surface area contributed by atoms with Crippen molar-refractivity contribution in [1.29, 1.82) is 0 Å². The van der Waals surface area contributed by atoms with E-state index in [0.717, 1.165) is 34.5 Å². The zero-order valence-electron chi connectivity index (χ0n) is 15.3. The van der Waals surface area contributed by atoms with Gasteiger partial charge >= 0.3 is 0 Å². The van der Waals surface area contributed by atoms with Gasteiger partial charge in [-0.2, -0.15) is 0 Å². The summed E-state index contributed by atoms with van der Waals surface area (Å²) in [6.45, 7) is 8.27. The number of hydrogen-bond acceptors (Lipinski definition) is 2. The number of amides is 2. The number of anilines is 2. The highest BCUT2D eigenvalue weighted by atomic mass is 16.2. The molecular weight excluding hydrogens is 312 g/mol. The van der Waals surface area contributed by atoms with Gasteiger partial charge in [0.1, 0.15) is 6.54 Å². The highest BCUT2D eigenvalue weighted by molar-refractivity contribution is 6.04. The largest absolute Gasteiger partial charge is 0.310 e. The van der Waals surface area contributed by atoms with Crippen LogP contribution in [0.2, 0.25) is 0 Å². The Hall–Kier alpha value is -2.62. The lowest BCUT2D eigenvalue weighted by Crippen LogP contribution is -2.42. The highest BCUT2D eigenvalue weighted by Gasteiger charge is 2.27. The molecule has 0 bridgehead atoms. The molecule has 2 amide bonds. The Bertz CT molecular complexity index is 819. The van der Waals surface area contributed by atoms with Crippen LogP contribution in [0.5, 0.6) is 0 Å². The van der Waals surface area contributed by atoms with Gasteiger partial charge < -0.3 is 9.80 Å². The van der Waals surface area contributed by atoms with Crippen LogP contribution >= 0.6 is 0 Å². The first-order valence-electron chi connectivity index (χ1n) is 8.62. The van der Waals surface area contributed by atoms with Crippen molar-refractivity contribution >= 4 is 23.2 Å². The van der Waals surface area contributed by atoms with Crippen LogP contribution in [0.1, 0.15) is 29.2 Å². The molecule has 4 nitrogen and oxygen atoms in total. The lowest BCUT2D eigenvalue weighted by Gasteiger charge is -2.27. The zero-order valence-corrected chi connectivity index (χ0v) is 15.3. The molecule has 0 aromatic heterocycles. The van der Waals surface area contributed by atoms with Crippen LogP contribution in [0.3, 0.4) is 0 Å². The molecule has 0 saturated carbocycles. The smallest absolute Gasteiger partial charge is 0.247 e. The normalized spacial score (nSPS) is 12.9. The van der Waals surface area contributed by atoms with Gasteiger partial charge in [0.05, 0.1) is 5.69 Å². The number of para-hydroxylation sites is 1. The summed E-state index contributed by atoms with van der Waals surface area (Å²) < 4.78 is 0. The third-order valence-electron chi connectivity index (χ3n) is 4.77. The molecule has 1 aliphatic rings. The standard InChI is InChI=1S/C21H24N2O2/c1-14-11-15(2)21(16(3)12-14)23(17(4)24)13-20(25)22-10-9-18-7-5-6-8-19(18)22/h5-8,11-12H,9-10,13H2,1-4H3. The Balaban J connectivity index is 1.89. The predicted octanol–water partition coefficient (Wildman–Crippen LogP) is 3.55. The summed E-state index contributed by atoms with van der Waals surface area (Å²) >= 11 is 0. The van der Waals surface area contributed by atoms with Crippen molar-refractivity contribution in [3.8, 4) is 0 Å². The van der Waals surface area contributed by atoms with E-state index in [2.05, 4.69) is 6.07 Å². The maximum atomic E-state index is 12.9. The van der Waals surface area contributed by atoms with Crippen LogP contribution < -0.4 is 9.80 Å². The number of benzene rings is 2. The number of fused-ring (bicyclic) bond motifs is 1. The number of hydrogen-bond donors (Lipinski definition) is 0. The van der Waals surface area contributed by atoms with Crippen molar-refractivity contribution in [2.24, 2.45) is 0 Å². The Morgan fingerprint density at radius 3 is 2.36 bits per heavy atom. The summed E-state index contributed by atoms with van der Waals surface area (Å²) in [5, 5.41) is 0. The third-order valence-corrected chi connectivity index (χ3v) is 4.77. The first-order valence-corrected chi connectivity index (χ1v) is 8.62. The average molecular weight is 336 g/mol. The van der Waals surface area contributed by atoms with Gasteiger partial charge in [-0.3, -0.25) is 9.59 Å². The minimum Gasteiger partial charge on any atom is -0.310 e. The van der Waals surface area contributed by atoms with Gasteiger partial charge in [0, 0.05) is 19.2 Å². The van der Waals surface area contributed by atoms with Crippen molar-refractivity contribution in [3.05, 3.63) is 58.7 Å². The molecule has 130 valence electrons. The average Bonchev–Trinajstić information content (AvgIpc) is 2.96. The van der Waals surface area contributed by atoms with E-state index in [-0.39, 0.29) is 18.4 Å².